The topological polar surface area (TPSA) is 33.2 Å². The lowest BCUT2D eigenvalue weighted by atomic mass is 10.0. The first kappa shape index (κ1) is 13.3. The molecule has 0 aliphatic rings. The fraction of sp³-hybridized carbons (Fsp3) is 0.111. The number of nitrogens with zero attached hydrogens (tertiary/aromatic N) is 2. The normalized spacial score (nSPS) is 10.6. The van der Waals surface area contributed by atoms with E-state index in [1.165, 1.54) is 0 Å². The molecule has 0 fully saturated rings. The van der Waals surface area contributed by atoms with Crippen molar-refractivity contribution < 1.29 is 4.79 Å². The average molecular weight is 276 g/mol. The summed E-state index contributed by atoms with van der Waals surface area (Å²) in [5.41, 5.74) is 3.27. The van der Waals surface area contributed by atoms with Gasteiger partial charge in [-0.3, -0.25) is 9.78 Å². The molecule has 0 spiro atoms. The van der Waals surface area contributed by atoms with Gasteiger partial charge in [0.1, 0.15) is 0 Å². The maximum atomic E-state index is 12.5. The van der Waals surface area contributed by atoms with Crippen molar-refractivity contribution in [3.63, 3.8) is 0 Å². The van der Waals surface area contributed by atoms with Gasteiger partial charge in [-0.15, -0.1) is 0 Å². The molecule has 0 unspecified atom stereocenters. The summed E-state index contributed by atoms with van der Waals surface area (Å²) in [5.74, 6) is 0.0212. The Balaban J connectivity index is 1.95. The van der Waals surface area contributed by atoms with E-state index in [4.69, 9.17) is 0 Å². The highest BCUT2D eigenvalue weighted by molar-refractivity contribution is 6.10. The SMILES string of the molecule is CN(C)c1ccc(C(=O)c2ccc3cccnc3c2)cc1. The number of carbonyl (C=O) groups is 1. The molecule has 0 atom stereocenters. The van der Waals surface area contributed by atoms with Crippen LogP contribution < -0.4 is 4.90 Å². The van der Waals surface area contributed by atoms with E-state index in [0.717, 1.165) is 16.6 Å². The maximum Gasteiger partial charge on any atom is 0.193 e. The Bertz CT molecular complexity index is 792. The Morgan fingerprint density at radius 1 is 0.952 bits per heavy atom. The van der Waals surface area contributed by atoms with Gasteiger partial charge in [-0.2, -0.15) is 0 Å². The van der Waals surface area contributed by atoms with Gasteiger partial charge in [0.15, 0.2) is 5.78 Å². The van der Waals surface area contributed by atoms with E-state index in [0.29, 0.717) is 11.1 Å². The monoisotopic (exact) mass is 276 g/mol. The third-order valence-corrected chi connectivity index (χ3v) is 3.51. The van der Waals surface area contributed by atoms with Crippen molar-refractivity contribution in [2.24, 2.45) is 0 Å². The van der Waals surface area contributed by atoms with E-state index in [9.17, 15) is 4.79 Å². The van der Waals surface area contributed by atoms with Gasteiger partial charge >= 0.3 is 0 Å². The van der Waals surface area contributed by atoms with Crippen LogP contribution in [0.2, 0.25) is 0 Å². The van der Waals surface area contributed by atoms with Crippen LogP contribution in [0.15, 0.2) is 60.8 Å². The molecule has 0 saturated heterocycles. The predicted molar refractivity (Wildman–Crippen MR) is 85.9 cm³/mol. The maximum absolute atomic E-state index is 12.5. The first-order valence-corrected chi connectivity index (χ1v) is 6.82. The van der Waals surface area contributed by atoms with E-state index >= 15 is 0 Å². The molecule has 0 N–H and O–H groups in total. The summed E-state index contributed by atoms with van der Waals surface area (Å²) < 4.78 is 0. The van der Waals surface area contributed by atoms with Crippen LogP contribution in [-0.4, -0.2) is 24.9 Å². The molecule has 0 amide bonds. The quantitative estimate of drug-likeness (QED) is 0.686. The zero-order valence-electron chi connectivity index (χ0n) is 12.1. The first-order chi connectivity index (χ1) is 10.1. The lowest BCUT2D eigenvalue weighted by molar-refractivity contribution is 0.103. The summed E-state index contributed by atoms with van der Waals surface area (Å²) in [5, 5.41) is 1.04. The van der Waals surface area contributed by atoms with Crippen molar-refractivity contribution in [3.8, 4) is 0 Å². The zero-order chi connectivity index (χ0) is 14.8. The fourth-order valence-electron chi connectivity index (χ4n) is 2.29. The van der Waals surface area contributed by atoms with Gasteiger partial charge in [-0.05, 0) is 36.4 Å². The Morgan fingerprint density at radius 3 is 2.38 bits per heavy atom. The number of ketones is 1. The second kappa shape index (κ2) is 5.37. The van der Waals surface area contributed by atoms with E-state index in [1.807, 2.05) is 73.6 Å². The fourth-order valence-corrected chi connectivity index (χ4v) is 2.29. The number of rotatable bonds is 3. The smallest absolute Gasteiger partial charge is 0.193 e. The van der Waals surface area contributed by atoms with Crippen molar-refractivity contribution in [2.75, 3.05) is 19.0 Å². The van der Waals surface area contributed by atoms with Crippen LogP contribution in [0.4, 0.5) is 5.69 Å². The number of aromatic nitrogens is 1. The minimum Gasteiger partial charge on any atom is -0.378 e. The number of hydrogen-bond acceptors (Lipinski definition) is 3. The van der Waals surface area contributed by atoms with Crippen LogP contribution >= 0.6 is 0 Å². The van der Waals surface area contributed by atoms with Crippen LogP contribution in [0.3, 0.4) is 0 Å². The van der Waals surface area contributed by atoms with Crippen LogP contribution in [0.25, 0.3) is 10.9 Å². The summed E-state index contributed by atoms with van der Waals surface area (Å²) in [6.07, 6.45) is 1.74. The van der Waals surface area contributed by atoms with E-state index in [2.05, 4.69) is 4.98 Å². The van der Waals surface area contributed by atoms with Gasteiger partial charge < -0.3 is 4.90 Å². The summed E-state index contributed by atoms with van der Waals surface area (Å²) in [7, 11) is 3.96. The van der Waals surface area contributed by atoms with Gasteiger partial charge in [0, 0.05) is 42.5 Å². The van der Waals surface area contributed by atoms with Crippen molar-refractivity contribution in [2.45, 2.75) is 0 Å². The zero-order valence-corrected chi connectivity index (χ0v) is 12.1. The van der Waals surface area contributed by atoms with Crippen molar-refractivity contribution in [1.29, 1.82) is 0 Å². The van der Waals surface area contributed by atoms with Crippen molar-refractivity contribution in [1.82, 2.24) is 4.98 Å². The second-order valence-corrected chi connectivity index (χ2v) is 5.18. The summed E-state index contributed by atoms with van der Waals surface area (Å²) in [4.78, 5) is 18.8. The second-order valence-electron chi connectivity index (χ2n) is 5.18. The molecule has 0 saturated carbocycles. The van der Waals surface area contributed by atoms with Gasteiger partial charge in [0.25, 0.3) is 0 Å². The van der Waals surface area contributed by atoms with Crippen LogP contribution in [-0.2, 0) is 0 Å². The Kier molecular flexibility index (Phi) is 3.40. The lowest BCUT2D eigenvalue weighted by Crippen LogP contribution is -2.09. The first-order valence-electron chi connectivity index (χ1n) is 6.82. The molecule has 104 valence electrons. The molecule has 1 aromatic heterocycles. The number of fused-ring (bicyclic) bond motifs is 1. The number of hydrogen-bond donors (Lipinski definition) is 0. The molecule has 3 rings (SSSR count). The molecular weight excluding hydrogens is 260 g/mol. The highest BCUT2D eigenvalue weighted by atomic mass is 16.1. The number of anilines is 1. The highest BCUT2D eigenvalue weighted by Gasteiger charge is 2.10. The van der Waals surface area contributed by atoms with Gasteiger partial charge in [0.05, 0.1) is 5.52 Å². The Labute approximate surface area is 123 Å². The molecule has 3 aromatic rings. The molecule has 3 heteroatoms. The molecular formula is C18H16N2O. The summed E-state index contributed by atoms with van der Waals surface area (Å²) in [6, 6.07) is 17.1. The number of benzene rings is 2. The number of carbonyl (C=O) groups excluding carboxylic acids is 1. The standard InChI is InChI=1S/C18H16N2O/c1-20(2)16-9-7-14(8-10-16)18(21)15-6-5-13-4-3-11-19-17(13)12-15/h3-12H,1-2H3. The Hall–Kier alpha value is -2.68. The molecule has 0 aliphatic carbocycles. The third kappa shape index (κ3) is 2.63. The van der Waals surface area contributed by atoms with E-state index < -0.39 is 0 Å². The molecule has 0 radical (unpaired) electrons. The van der Waals surface area contributed by atoms with Gasteiger partial charge in [-0.1, -0.05) is 18.2 Å². The van der Waals surface area contributed by atoms with Crippen LogP contribution in [0.5, 0.6) is 0 Å². The van der Waals surface area contributed by atoms with Crippen LogP contribution in [0.1, 0.15) is 15.9 Å². The highest BCUT2D eigenvalue weighted by Crippen LogP contribution is 2.18. The number of pyridine rings is 1. The predicted octanol–water partition coefficient (Wildman–Crippen LogP) is 3.53. The summed E-state index contributed by atoms with van der Waals surface area (Å²) >= 11 is 0. The molecule has 0 bridgehead atoms. The molecule has 2 aromatic carbocycles. The molecule has 21 heavy (non-hydrogen) atoms. The average Bonchev–Trinajstić information content (AvgIpc) is 2.54. The third-order valence-electron chi connectivity index (χ3n) is 3.51. The lowest BCUT2D eigenvalue weighted by Gasteiger charge is -2.12. The van der Waals surface area contributed by atoms with Gasteiger partial charge in [-0.25, -0.2) is 0 Å². The molecule has 3 nitrogen and oxygen atoms in total. The molecule has 0 aliphatic heterocycles. The molecule has 1 heterocycles. The summed E-state index contributed by atoms with van der Waals surface area (Å²) in [6.45, 7) is 0. The van der Waals surface area contributed by atoms with Gasteiger partial charge in [0.2, 0.25) is 0 Å². The van der Waals surface area contributed by atoms with Crippen molar-refractivity contribution in [3.05, 3.63) is 71.9 Å². The van der Waals surface area contributed by atoms with Crippen LogP contribution in [0, 0.1) is 0 Å². The van der Waals surface area contributed by atoms with E-state index in [-0.39, 0.29) is 5.78 Å². The Morgan fingerprint density at radius 2 is 1.67 bits per heavy atom. The van der Waals surface area contributed by atoms with E-state index in [1.54, 1.807) is 6.20 Å². The van der Waals surface area contributed by atoms with Crippen molar-refractivity contribution >= 4 is 22.4 Å². The minimum absolute atomic E-state index is 0.0212. The minimum atomic E-state index is 0.0212. The largest absolute Gasteiger partial charge is 0.378 e.